The first-order valence-corrected chi connectivity index (χ1v) is 6.02. The van der Waals surface area contributed by atoms with Gasteiger partial charge in [-0.15, -0.1) is 0 Å². The molecule has 0 spiro atoms. The SMILES string of the molecule is O=C(CC1=CCCCC1)N[C@@H]1CCNC1. The molecule has 0 aromatic heterocycles. The summed E-state index contributed by atoms with van der Waals surface area (Å²) in [4.78, 5) is 11.7. The van der Waals surface area contributed by atoms with Gasteiger partial charge in [-0.2, -0.15) is 0 Å². The molecule has 0 aromatic rings. The van der Waals surface area contributed by atoms with Crippen LogP contribution in [0.15, 0.2) is 11.6 Å². The summed E-state index contributed by atoms with van der Waals surface area (Å²) >= 11 is 0. The van der Waals surface area contributed by atoms with Crippen LogP contribution in [0.25, 0.3) is 0 Å². The summed E-state index contributed by atoms with van der Waals surface area (Å²) in [5.74, 6) is 0.205. The number of hydrogen-bond donors (Lipinski definition) is 2. The maximum absolute atomic E-state index is 11.7. The maximum atomic E-state index is 11.7. The summed E-state index contributed by atoms with van der Waals surface area (Å²) in [6.07, 6.45) is 8.77. The highest BCUT2D eigenvalue weighted by Crippen LogP contribution is 2.19. The number of carbonyl (C=O) groups is 1. The van der Waals surface area contributed by atoms with E-state index in [0.717, 1.165) is 32.4 Å². The van der Waals surface area contributed by atoms with Crippen molar-refractivity contribution in [2.45, 2.75) is 44.6 Å². The summed E-state index contributed by atoms with van der Waals surface area (Å²) in [6.45, 7) is 1.97. The van der Waals surface area contributed by atoms with E-state index in [-0.39, 0.29) is 5.91 Å². The Labute approximate surface area is 91.3 Å². The Morgan fingerprint density at radius 2 is 2.47 bits per heavy atom. The van der Waals surface area contributed by atoms with E-state index in [0.29, 0.717) is 12.5 Å². The minimum Gasteiger partial charge on any atom is -0.352 e. The second-order valence-corrected chi connectivity index (χ2v) is 4.54. The third kappa shape index (κ3) is 3.34. The second-order valence-electron chi connectivity index (χ2n) is 4.54. The van der Waals surface area contributed by atoms with E-state index in [4.69, 9.17) is 0 Å². The van der Waals surface area contributed by atoms with E-state index in [1.54, 1.807) is 0 Å². The lowest BCUT2D eigenvalue weighted by atomic mass is 9.97. The fourth-order valence-electron chi connectivity index (χ4n) is 2.33. The van der Waals surface area contributed by atoms with Crippen molar-refractivity contribution in [1.29, 1.82) is 0 Å². The Kier molecular flexibility index (Phi) is 3.78. The highest BCUT2D eigenvalue weighted by atomic mass is 16.1. The van der Waals surface area contributed by atoms with Gasteiger partial charge in [-0.25, -0.2) is 0 Å². The van der Waals surface area contributed by atoms with E-state index in [9.17, 15) is 4.79 Å². The molecule has 84 valence electrons. The lowest BCUT2D eigenvalue weighted by molar-refractivity contribution is -0.121. The van der Waals surface area contributed by atoms with E-state index in [2.05, 4.69) is 16.7 Å². The highest BCUT2D eigenvalue weighted by molar-refractivity contribution is 5.78. The van der Waals surface area contributed by atoms with E-state index >= 15 is 0 Å². The number of carbonyl (C=O) groups excluding carboxylic acids is 1. The van der Waals surface area contributed by atoms with Gasteiger partial charge in [0, 0.05) is 19.0 Å². The van der Waals surface area contributed by atoms with Gasteiger partial charge in [0.1, 0.15) is 0 Å². The van der Waals surface area contributed by atoms with Gasteiger partial charge in [0.15, 0.2) is 0 Å². The molecule has 1 amide bonds. The molecule has 1 saturated heterocycles. The molecule has 2 N–H and O–H groups in total. The quantitative estimate of drug-likeness (QED) is 0.687. The zero-order chi connectivity index (χ0) is 10.5. The molecule has 0 unspecified atom stereocenters. The third-order valence-corrected chi connectivity index (χ3v) is 3.20. The molecular weight excluding hydrogens is 188 g/mol. The van der Waals surface area contributed by atoms with Crippen LogP contribution >= 0.6 is 0 Å². The van der Waals surface area contributed by atoms with Gasteiger partial charge < -0.3 is 10.6 Å². The van der Waals surface area contributed by atoms with Gasteiger partial charge in [0.05, 0.1) is 0 Å². The minimum atomic E-state index is 0.205. The Morgan fingerprint density at radius 1 is 1.53 bits per heavy atom. The number of hydrogen-bond acceptors (Lipinski definition) is 2. The van der Waals surface area contributed by atoms with Gasteiger partial charge >= 0.3 is 0 Å². The average Bonchev–Trinajstić information content (AvgIpc) is 2.71. The zero-order valence-corrected chi connectivity index (χ0v) is 9.22. The van der Waals surface area contributed by atoms with Crippen molar-refractivity contribution in [3.63, 3.8) is 0 Å². The van der Waals surface area contributed by atoms with Crippen LogP contribution in [0, 0.1) is 0 Å². The molecule has 3 nitrogen and oxygen atoms in total. The van der Waals surface area contributed by atoms with E-state index in [1.165, 1.54) is 18.4 Å². The van der Waals surface area contributed by atoms with Crippen LogP contribution in [0.2, 0.25) is 0 Å². The summed E-state index contributed by atoms with van der Waals surface area (Å²) in [5.41, 5.74) is 1.34. The second kappa shape index (κ2) is 5.31. The molecule has 3 heteroatoms. The standard InChI is InChI=1S/C12H20N2O/c15-12(14-11-6-7-13-9-11)8-10-4-2-1-3-5-10/h4,11,13H,1-3,5-9H2,(H,14,15)/t11-/m1/s1. The number of amides is 1. The average molecular weight is 208 g/mol. The van der Waals surface area contributed by atoms with Gasteiger partial charge in [0.25, 0.3) is 0 Å². The van der Waals surface area contributed by atoms with Crippen LogP contribution in [-0.2, 0) is 4.79 Å². The Hall–Kier alpha value is -0.830. The molecule has 2 rings (SSSR count). The Morgan fingerprint density at radius 3 is 3.13 bits per heavy atom. The molecule has 1 aliphatic heterocycles. The van der Waals surface area contributed by atoms with Crippen LogP contribution in [0.4, 0.5) is 0 Å². The van der Waals surface area contributed by atoms with Gasteiger partial charge in [-0.1, -0.05) is 11.6 Å². The summed E-state index contributed by atoms with van der Waals surface area (Å²) in [6, 6.07) is 0.363. The molecule has 2 aliphatic rings. The zero-order valence-electron chi connectivity index (χ0n) is 9.22. The number of rotatable bonds is 3. The molecule has 0 saturated carbocycles. The predicted molar refractivity (Wildman–Crippen MR) is 60.6 cm³/mol. The van der Waals surface area contributed by atoms with Crippen LogP contribution in [0.5, 0.6) is 0 Å². The lowest BCUT2D eigenvalue weighted by Crippen LogP contribution is -2.36. The summed E-state index contributed by atoms with van der Waals surface area (Å²) in [7, 11) is 0. The molecule has 1 fully saturated rings. The Balaban J connectivity index is 1.73. The van der Waals surface area contributed by atoms with Crippen LogP contribution in [-0.4, -0.2) is 25.0 Å². The molecule has 1 heterocycles. The fourth-order valence-corrected chi connectivity index (χ4v) is 2.33. The smallest absolute Gasteiger partial charge is 0.224 e. The third-order valence-electron chi connectivity index (χ3n) is 3.20. The van der Waals surface area contributed by atoms with Crippen molar-refractivity contribution in [1.82, 2.24) is 10.6 Å². The van der Waals surface area contributed by atoms with E-state index in [1.807, 2.05) is 0 Å². The van der Waals surface area contributed by atoms with Gasteiger partial charge in [-0.3, -0.25) is 4.79 Å². The molecule has 0 bridgehead atoms. The van der Waals surface area contributed by atoms with Crippen LogP contribution in [0.3, 0.4) is 0 Å². The van der Waals surface area contributed by atoms with Crippen LogP contribution < -0.4 is 10.6 Å². The lowest BCUT2D eigenvalue weighted by Gasteiger charge is -2.15. The van der Waals surface area contributed by atoms with Crippen molar-refractivity contribution in [2.75, 3.05) is 13.1 Å². The van der Waals surface area contributed by atoms with Gasteiger partial charge in [-0.05, 0) is 38.6 Å². The van der Waals surface area contributed by atoms with Crippen molar-refractivity contribution in [3.8, 4) is 0 Å². The first-order chi connectivity index (χ1) is 7.34. The number of allylic oxidation sites excluding steroid dienone is 1. The van der Waals surface area contributed by atoms with Gasteiger partial charge in [0.2, 0.25) is 5.91 Å². The molecule has 1 atom stereocenters. The van der Waals surface area contributed by atoms with Crippen LogP contribution in [0.1, 0.15) is 38.5 Å². The van der Waals surface area contributed by atoms with Crippen molar-refractivity contribution in [3.05, 3.63) is 11.6 Å². The van der Waals surface area contributed by atoms with Crippen molar-refractivity contribution < 1.29 is 4.79 Å². The maximum Gasteiger partial charge on any atom is 0.224 e. The molecule has 0 aromatic carbocycles. The minimum absolute atomic E-state index is 0.205. The molecule has 15 heavy (non-hydrogen) atoms. The van der Waals surface area contributed by atoms with E-state index < -0.39 is 0 Å². The molecule has 1 aliphatic carbocycles. The van der Waals surface area contributed by atoms with Crippen molar-refractivity contribution >= 4 is 5.91 Å². The van der Waals surface area contributed by atoms with Crippen molar-refractivity contribution in [2.24, 2.45) is 0 Å². The highest BCUT2D eigenvalue weighted by Gasteiger charge is 2.17. The first-order valence-electron chi connectivity index (χ1n) is 6.02. The molecule has 0 radical (unpaired) electrons. The fraction of sp³-hybridized carbons (Fsp3) is 0.750. The first kappa shape index (κ1) is 10.7. The topological polar surface area (TPSA) is 41.1 Å². The summed E-state index contributed by atoms with van der Waals surface area (Å²) in [5, 5.41) is 6.34. The monoisotopic (exact) mass is 208 g/mol. The predicted octanol–water partition coefficient (Wildman–Crippen LogP) is 1.35. The summed E-state index contributed by atoms with van der Waals surface area (Å²) < 4.78 is 0. The molecular formula is C12H20N2O. The largest absolute Gasteiger partial charge is 0.352 e. The number of nitrogens with one attached hydrogen (secondary N) is 2. The Bertz CT molecular complexity index is 254. The normalized spacial score (nSPS) is 26.1.